The molecule has 1 atom stereocenters. The molecule has 0 saturated heterocycles. The van der Waals surface area contributed by atoms with Gasteiger partial charge in [-0.2, -0.15) is 0 Å². The van der Waals surface area contributed by atoms with Gasteiger partial charge >= 0.3 is 12.1 Å². The molecule has 6 nitrogen and oxygen atoms in total. The number of Topliss-reactive ketones (excluding diaryl/α,β-unsaturated/α-hetero) is 1. The van der Waals surface area contributed by atoms with E-state index in [1.807, 2.05) is 30.3 Å². The maximum absolute atomic E-state index is 11.8. The molecule has 0 spiro atoms. The van der Waals surface area contributed by atoms with Crippen molar-refractivity contribution in [3.63, 3.8) is 0 Å². The molecule has 0 bridgehead atoms. The first-order valence-corrected chi connectivity index (χ1v) is 7.37. The van der Waals surface area contributed by atoms with Crippen LogP contribution >= 0.6 is 0 Å². The Morgan fingerprint density at radius 2 is 1.74 bits per heavy atom. The normalized spacial score (nSPS) is 12.2. The highest BCUT2D eigenvalue weighted by Crippen LogP contribution is 2.08. The van der Waals surface area contributed by atoms with Crippen LogP contribution in [0.5, 0.6) is 0 Å². The number of carbonyl (C=O) groups is 3. The standard InChI is InChI=1S/C17H23NO5/c1-12(19)14(18-16(21)23-17(2,3)4)10-15(20)22-11-13-8-6-5-7-9-13/h5-9,14H,10-11H2,1-4H3,(H,18,21). The third kappa shape index (κ3) is 7.99. The van der Waals surface area contributed by atoms with Crippen molar-refractivity contribution in [3.8, 4) is 0 Å². The number of hydrogen-bond donors (Lipinski definition) is 1. The van der Waals surface area contributed by atoms with Crippen molar-refractivity contribution in [3.05, 3.63) is 35.9 Å². The summed E-state index contributed by atoms with van der Waals surface area (Å²) in [5.74, 6) is -0.905. The van der Waals surface area contributed by atoms with Crippen LogP contribution in [0.3, 0.4) is 0 Å². The molecule has 0 aliphatic carbocycles. The van der Waals surface area contributed by atoms with E-state index < -0.39 is 23.7 Å². The number of alkyl carbamates (subject to hydrolysis) is 1. The van der Waals surface area contributed by atoms with Crippen LogP contribution < -0.4 is 5.32 Å². The number of esters is 1. The van der Waals surface area contributed by atoms with Gasteiger partial charge in [0.25, 0.3) is 0 Å². The molecule has 0 radical (unpaired) electrons. The second-order valence-corrected chi connectivity index (χ2v) is 6.16. The van der Waals surface area contributed by atoms with Crippen molar-refractivity contribution in [1.29, 1.82) is 0 Å². The van der Waals surface area contributed by atoms with Crippen LogP contribution in [0, 0.1) is 0 Å². The molecule has 0 aromatic heterocycles. The first kappa shape index (κ1) is 18.7. The molecule has 1 unspecified atom stereocenters. The Bertz CT molecular complexity index is 548. The van der Waals surface area contributed by atoms with Gasteiger partial charge in [0.2, 0.25) is 0 Å². The summed E-state index contributed by atoms with van der Waals surface area (Å²) >= 11 is 0. The minimum atomic E-state index is -0.965. The van der Waals surface area contributed by atoms with E-state index in [9.17, 15) is 14.4 Å². The van der Waals surface area contributed by atoms with E-state index in [0.717, 1.165) is 5.56 Å². The molecule has 0 fully saturated rings. The zero-order valence-electron chi connectivity index (χ0n) is 13.9. The topological polar surface area (TPSA) is 81.7 Å². The quantitative estimate of drug-likeness (QED) is 0.814. The molecule has 0 aliphatic rings. The van der Waals surface area contributed by atoms with Gasteiger partial charge in [0, 0.05) is 0 Å². The summed E-state index contributed by atoms with van der Waals surface area (Å²) in [6, 6.07) is 8.23. The predicted octanol–water partition coefficient (Wildman–Crippen LogP) is 2.60. The summed E-state index contributed by atoms with van der Waals surface area (Å²) in [7, 11) is 0. The fourth-order valence-electron chi connectivity index (χ4n) is 1.71. The van der Waals surface area contributed by atoms with Crippen LogP contribution in [0.1, 0.15) is 39.7 Å². The Kier molecular flexibility index (Phi) is 6.75. The summed E-state index contributed by atoms with van der Waals surface area (Å²) in [4.78, 5) is 35.1. The minimum Gasteiger partial charge on any atom is -0.461 e. The van der Waals surface area contributed by atoms with Crippen LogP contribution in [-0.4, -0.2) is 29.5 Å². The molecular weight excluding hydrogens is 298 g/mol. The highest BCUT2D eigenvalue weighted by atomic mass is 16.6. The number of nitrogens with one attached hydrogen (secondary N) is 1. The second-order valence-electron chi connectivity index (χ2n) is 6.16. The fourth-order valence-corrected chi connectivity index (χ4v) is 1.71. The molecule has 1 aromatic carbocycles. The molecule has 1 aromatic rings. The zero-order chi connectivity index (χ0) is 17.5. The Morgan fingerprint density at radius 3 is 2.26 bits per heavy atom. The van der Waals surface area contributed by atoms with Crippen LogP contribution in [0.25, 0.3) is 0 Å². The van der Waals surface area contributed by atoms with Crippen LogP contribution in [0.15, 0.2) is 30.3 Å². The summed E-state index contributed by atoms with van der Waals surface area (Å²) in [6.45, 7) is 6.56. The van der Waals surface area contributed by atoms with Gasteiger partial charge in [-0.25, -0.2) is 4.79 Å². The van der Waals surface area contributed by atoms with Gasteiger partial charge in [0.1, 0.15) is 18.2 Å². The van der Waals surface area contributed by atoms with Gasteiger partial charge in [0.15, 0.2) is 5.78 Å². The number of hydrogen-bond acceptors (Lipinski definition) is 5. The molecule has 1 N–H and O–H groups in total. The molecular formula is C17H23NO5. The number of ketones is 1. The van der Waals surface area contributed by atoms with Crippen molar-refractivity contribution in [2.75, 3.05) is 0 Å². The van der Waals surface area contributed by atoms with Crippen molar-refractivity contribution < 1.29 is 23.9 Å². The molecule has 23 heavy (non-hydrogen) atoms. The third-order valence-corrected chi connectivity index (χ3v) is 2.80. The fraction of sp³-hybridized carbons (Fsp3) is 0.471. The van der Waals surface area contributed by atoms with Crippen molar-refractivity contribution in [2.24, 2.45) is 0 Å². The van der Waals surface area contributed by atoms with Gasteiger partial charge in [-0.05, 0) is 33.3 Å². The molecule has 1 amide bonds. The monoisotopic (exact) mass is 321 g/mol. The third-order valence-electron chi connectivity index (χ3n) is 2.80. The smallest absolute Gasteiger partial charge is 0.408 e. The van der Waals surface area contributed by atoms with E-state index in [4.69, 9.17) is 9.47 Å². The lowest BCUT2D eigenvalue weighted by atomic mass is 10.1. The van der Waals surface area contributed by atoms with E-state index in [1.165, 1.54) is 6.92 Å². The van der Waals surface area contributed by atoms with E-state index >= 15 is 0 Å². The number of benzene rings is 1. The largest absolute Gasteiger partial charge is 0.461 e. The maximum atomic E-state index is 11.8. The predicted molar refractivity (Wildman–Crippen MR) is 84.7 cm³/mol. The first-order valence-electron chi connectivity index (χ1n) is 7.37. The Labute approximate surface area is 136 Å². The number of ether oxygens (including phenoxy) is 2. The van der Waals surface area contributed by atoms with E-state index in [0.29, 0.717) is 0 Å². The second kappa shape index (κ2) is 8.31. The lowest BCUT2D eigenvalue weighted by Crippen LogP contribution is -2.44. The molecule has 126 valence electrons. The molecule has 0 heterocycles. The van der Waals surface area contributed by atoms with Crippen LogP contribution in [-0.2, 0) is 25.7 Å². The van der Waals surface area contributed by atoms with Gasteiger partial charge < -0.3 is 14.8 Å². The number of rotatable bonds is 6. The Morgan fingerprint density at radius 1 is 1.13 bits per heavy atom. The molecule has 0 saturated carbocycles. The van der Waals surface area contributed by atoms with Crippen molar-refractivity contribution >= 4 is 17.8 Å². The lowest BCUT2D eigenvalue weighted by Gasteiger charge is -2.22. The number of carbonyl (C=O) groups excluding carboxylic acids is 3. The van der Waals surface area contributed by atoms with E-state index in [1.54, 1.807) is 20.8 Å². The van der Waals surface area contributed by atoms with Gasteiger partial charge in [0.05, 0.1) is 6.42 Å². The minimum absolute atomic E-state index is 0.122. The average Bonchev–Trinajstić information content (AvgIpc) is 2.43. The highest BCUT2D eigenvalue weighted by molar-refractivity contribution is 5.89. The Hall–Kier alpha value is -2.37. The molecule has 0 aliphatic heterocycles. The van der Waals surface area contributed by atoms with Crippen molar-refractivity contribution in [1.82, 2.24) is 5.32 Å². The van der Waals surface area contributed by atoms with Crippen molar-refractivity contribution in [2.45, 2.75) is 52.4 Å². The molecule has 1 rings (SSSR count). The van der Waals surface area contributed by atoms with Crippen LogP contribution in [0.4, 0.5) is 4.79 Å². The summed E-state index contributed by atoms with van der Waals surface area (Å²) in [5.41, 5.74) is 0.166. The summed E-state index contributed by atoms with van der Waals surface area (Å²) < 4.78 is 10.2. The summed E-state index contributed by atoms with van der Waals surface area (Å²) in [6.07, 6.45) is -0.977. The molecule has 6 heteroatoms. The highest BCUT2D eigenvalue weighted by Gasteiger charge is 2.24. The average molecular weight is 321 g/mol. The van der Waals surface area contributed by atoms with Gasteiger partial charge in [-0.3, -0.25) is 9.59 Å². The van der Waals surface area contributed by atoms with Gasteiger partial charge in [-0.15, -0.1) is 0 Å². The van der Waals surface area contributed by atoms with Gasteiger partial charge in [-0.1, -0.05) is 30.3 Å². The summed E-state index contributed by atoms with van der Waals surface area (Å²) in [5, 5.41) is 2.39. The number of amides is 1. The lowest BCUT2D eigenvalue weighted by molar-refractivity contribution is -0.146. The Balaban J connectivity index is 2.50. The zero-order valence-corrected chi connectivity index (χ0v) is 13.9. The maximum Gasteiger partial charge on any atom is 0.408 e. The first-order chi connectivity index (χ1) is 10.7. The SMILES string of the molecule is CC(=O)C(CC(=O)OCc1ccccc1)NC(=O)OC(C)(C)C. The van der Waals surface area contributed by atoms with E-state index in [-0.39, 0.29) is 18.8 Å². The van der Waals surface area contributed by atoms with Crippen LogP contribution in [0.2, 0.25) is 0 Å². The van der Waals surface area contributed by atoms with E-state index in [2.05, 4.69) is 5.32 Å².